The minimum absolute atomic E-state index is 0.237. The third-order valence-electron chi connectivity index (χ3n) is 3.63. The summed E-state index contributed by atoms with van der Waals surface area (Å²) in [6, 6.07) is 6.43. The van der Waals surface area contributed by atoms with E-state index in [2.05, 4.69) is 25.1 Å². The molecule has 1 aromatic rings. The van der Waals surface area contributed by atoms with E-state index in [0.29, 0.717) is 6.54 Å². The Morgan fingerprint density at radius 2 is 2.27 bits per heavy atom. The van der Waals surface area contributed by atoms with Gasteiger partial charge in [-0.3, -0.25) is 0 Å². The molecule has 0 spiro atoms. The van der Waals surface area contributed by atoms with Crippen molar-refractivity contribution in [2.75, 3.05) is 13.7 Å². The number of methoxy groups -OCH3 is 1. The second-order valence-corrected chi connectivity index (χ2v) is 4.36. The lowest BCUT2D eigenvalue weighted by Gasteiger charge is -2.37. The van der Waals surface area contributed by atoms with Gasteiger partial charge in [-0.1, -0.05) is 18.2 Å². The molecule has 2 heteroatoms. The Kier molecular flexibility index (Phi) is 2.81. The van der Waals surface area contributed by atoms with Crippen molar-refractivity contribution < 1.29 is 4.74 Å². The minimum Gasteiger partial charge on any atom is -0.372 e. The third kappa shape index (κ3) is 1.58. The van der Waals surface area contributed by atoms with Gasteiger partial charge in [-0.2, -0.15) is 0 Å². The number of fused-ring (bicyclic) bond motifs is 1. The largest absolute Gasteiger partial charge is 0.372 e. The van der Waals surface area contributed by atoms with Crippen LogP contribution >= 0.6 is 0 Å². The molecule has 0 fully saturated rings. The van der Waals surface area contributed by atoms with E-state index in [1.807, 2.05) is 0 Å². The van der Waals surface area contributed by atoms with Gasteiger partial charge in [0, 0.05) is 13.7 Å². The van der Waals surface area contributed by atoms with Crippen molar-refractivity contribution >= 4 is 0 Å². The van der Waals surface area contributed by atoms with Crippen molar-refractivity contribution in [2.24, 2.45) is 5.73 Å². The van der Waals surface area contributed by atoms with Gasteiger partial charge in [-0.25, -0.2) is 0 Å². The number of benzene rings is 1. The van der Waals surface area contributed by atoms with Crippen LogP contribution in [0.2, 0.25) is 0 Å². The molecule has 82 valence electrons. The lowest BCUT2D eigenvalue weighted by atomic mass is 9.77. The van der Waals surface area contributed by atoms with E-state index in [-0.39, 0.29) is 5.60 Å². The molecule has 0 radical (unpaired) electrons. The van der Waals surface area contributed by atoms with Gasteiger partial charge in [0.15, 0.2) is 0 Å². The summed E-state index contributed by atoms with van der Waals surface area (Å²) in [6.45, 7) is 2.74. The second-order valence-electron chi connectivity index (χ2n) is 4.36. The van der Waals surface area contributed by atoms with E-state index < -0.39 is 0 Å². The summed E-state index contributed by atoms with van der Waals surface area (Å²) in [5, 5.41) is 0. The van der Waals surface area contributed by atoms with Crippen LogP contribution < -0.4 is 5.73 Å². The minimum atomic E-state index is -0.237. The summed E-state index contributed by atoms with van der Waals surface area (Å²) in [4.78, 5) is 0. The zero-order valence-electron chi connectivity index (χ0n) is 9.55. The van der Waals surface area contributed by atoms with Crippen LogP contribution in [0.5, 0.6) is 0 Å². The standard InChI is InChI=1S/C13H19NO/c1-10-5-3-7-12-11(10)6-4-8-13(12,9-14)15-2/h3,5,7H,4,6,8-9,14H2,1-2H3. The summed E-state index contributed by atoms with van der Waals surface area (Å²) >= 11 is 0. The fraction of sp³-hybridized carbons (Fsp3) is 0.538. The van der Waals surface area contributed by atoms with E-state index in [0.717, 1.165) is 12.8 Å². The molecule has 1 aromatic carbocycles. The average Bonchev–Trinajstić information content (AvgIpc) is 2.29. The first-order valence-corrected chi connectivity index (χ1v) is 5.58. The molecule has 1 atom stereocenters. The van der Waals surface area contributed by atoms with E-state index in [1.54, 1.807) is 7.11 Å². The summed E-state index contributed by atoms with van der Waals surface area (Å²) in [6.07, 6.45) is 3.37. The number of aryl methyl sites for hydroxylation is 1. The molecule has 0 amide bonds. The lowest BCUT2D eigenvalue weighted by molar-refractivity contribution is -0.0212. The van der Waals surface area contributed by atoms with Crippen LogP contribution in [0.4, 0.5) is 0 Å². The molecule has 0 saturated carbocycles. The number of hydrogen-bond donors (Lipinski definition) is 1. The van der Waals surface area contributed by atoms with Crippen LogP contribution in [0.15, 0.2) is 18.2 Å². The topological polar surface area (TPSA) is 35.2 Å². The monoisotopic (exact) mass is 205 g/mol. The van der Waals surface area contributed by atoms with Gasteiger partial charge in [0.2, 0.25) is 0 Å². The molecular weight excluding hydrogens is 186 g/mol. The molecule has 0 heterocycles. The van der Waals surface area contributed by atoms with Crippen LogP contribution in [-0.2, 0) is 16.8 Å². The zero-order valence-corrected chi connectivity index (χ0v) is 9.55. The van der Waals surface area contributed by atoms with Gasteiger partial charge >= 0.3 is 0 Å². The third-order valence-corrected chi connectivity index (χ3v) is 3.63. The highest BCUT2D eigenvalue weighted by Crippen LogP contribution is 2.38. The quantitative estimate of drug-likeness (QED) is 0.802. The highest BCUT2D eigenvalue weighted by Gasteiger charge is 2.35. The van der Waals surface area contributed by atoms with Crippen LogP contribution in [0.1, 0.15) is 29.5 Å². The van der Waals surface area contributed by atoms with Gasteiger partial charge in [0.1, 0.15) is 5.60 Å². The first-order chi connectivity index (χ1) is 7.23. The van der Waals surface area contributed by atoms with Crippen LogP contribution in [0.3, 0.4) is 0 Å². The normalized spacial score (nSPS) is 25.0. The maximum absolute atomic E-state index is 5.89. The van der Waals surface area contributed by atoms with Crippen molar-refractivity contribution in [1.82, 2.24) is 0 Å². The molecule has 2 nitrogen and oxygen atoms in total. The smallest absolute Gasteiger partial charge is 0.105 e. The lowest BCUT2D eigenvalue weighted by Crippen LogP contribution is -2.40. The van der Waals surface area contributed by atoms with E-state index in [1.165, 1.54) is 23.1 Å². The molecule has 1 unspecified atom stereocenters. The van der Waals surface area contributed by atoms with E-state index >= 15 is 0 Å². The van der Waals surface area contributed by atoms with Crippen molar-refractivity contribution in [3.8, 4) is 0 Å². The van der Waals surface area contributed by atoms with E-state index in [4.69, 9.17) is 10.5 Å². The molecule has 1 aliphatic rings. The Hall–Kier alpha value is -0.860. The van der Waals surface area contributed by atoms with Crippen molar-refractivity contribution in [1.29, 1.82) is 0 Å². The molecule has 0 aromatic heterocycles. The van der Waals surface area contributed by atoms with Gasteiger partial charge in [0.25, 0.3) is 0 Å². The molecule has 2 rings (SSSR count). The van der Waals surface area contributed by atoms with E-state index in [9.17, 15) is 0 Å². The number of ether oxygens (including phenoxy) is 1. The zero-order chi connectivity index (χ0) is 10.9. The maximum atomic E-state index is 5.89. The summed E-state index contributed by atoms with van der Waals surface area (Å²) in [5.74, 6) is 0. The molecule has 0 bridgehead atoms. The highest BCUT2D eigenvalue weighted by atomic mass is 16.5. The Morgan fingerprint density at radius 1 is 1.47 bits per heavy atom. The Bertz CT molecular complexity index is 356. The molecule has 1 aliphatic carbocycles. The molecule has 0 saturated heterocycles. The second kappa shape index (κ2) is 3.95. The van der Waals surface area contributed by atoms with Crippen LogP contribution in [0, 0.1) is 6.92 Å². The first-order valence-electron chi connectivity index (χ1n) is 5.58. The Morgan fingerprint density at radius 3 is 2.93 bits per heavy atom. The average molecular weight is 205 g/mol. The molecule has 2 N–H and O–H groups in total. The van der Waals surface area contributed by atoms with Gasteiger partial charge < -0.3 is 10.5 Å². The molecule has 0 aliphatic heterocycles. The van der Waals surface area contributed by atoms with Crippen molar-refractivity contribution in [3.05, 3.63) is 34.9 Å². The summed E-state index contributed by atoms with van der Waals surface area (Å²) in [5.41, 5.74) is 9.76. The van der Waals surface area contributed by atoms with Crippen LogP contribution in [0.25, 0.3) is 0 Å². The predicted molar refractivity (Wildman–Crippen MR) is 61.9 cm³/mol. The molecule has 15 heavy (non-hydrogen) atoms. The Labute approximate surface area is 91.4 Å². The fourth-order valence-electron chi connectivity index (χ4n) is 2.65. The molecular formula is C13H19NO. The van der Waals surface area contributed by atoms with Crippen molar-refractivity contribution in [2.45, 2.75) is 31.8 Å². The summed E-state index contributed by atoms with van der Waals surface area (Å²) in [7, 11) is 1.77. The van der Waals surface area contributed by atoms with Gasteiger partial charge in [0.05, 0.1) is 0 Å². The number of rotatable bonds is 2. The maximum Gasteiger partial charge on any atom is 0.105 e. The predicted octanol–water partition coefficient (Wildman–Crippen LogP) is 2.13. The first kappa shape index (κ1) is 10.7. The van der Waals surface area contributed by atoms with Gasteiger partial charge in [-0.15, -0.1) is 0 Å². The highest BCUT2D eigenvalue weighted by molar-refractivity contribution is 5.40. The van der Waals surface area contributed by atoms with Crippen molar-refractivity contribution in [3.63, 3.8) is 0 Å². The fourth-order valence-corrected chi connectivity index (χ4v) is 2.65. The number of nitrogens with two attached hydrogens (primary N) is 1. The van der Waals surface area contributed by atoms with Crippen LogP contribution in [-0.4, -0.2) is 13.7 Å². The van der Waals surface area contributed by atoms with Gasteiger partial charge in [-0.05, 0) is 42.9 Å². The summed E-state index contributed by atoms with van der Waals surface area (Å²) < 4.78 is 5.68. The Balaban J connectivity index is 2.55. The number of hydrogen-bond acceptors (Lipinski definition) is 2. The SMILES string of the molecule is COC1(CN)CCCc2c(C)cccc21.